The Balaban J connectivity index is 2.51. The standard InChI is InChI=1S/C10H14O2/c1-12-10(8-11)7-9-5-3-2-4-6-9/h2-6,10-11H,7-8H2,1H3/t10-/m0/s1. The quantitative estimate of drug-likeness (QED) is 0.729. The monoisotopic (exact) mass is 166 g/mol. The number of ether oxygens (including phenoxy) is 1. The highest BCUT2D eigenvalue weighted by Gasteiger charge is 2.05. The van der Waals surface area contributed by atoms with Crippen molar-refractivity contribution in [3.05, 3.63) is 35.9 Å². The molecule has 12 heavy (non-hydrogen) atoms. The summed E-state index contributed by atoms with van der Waals surface area (Å²) < 4.78 is 5.05. The summed E-state index contributed by atoms with van der Waals surface area (Å²) in [6.07, 6.45) is 0.695. The largest absolute Gasteiger partial charge is 0.394 e. The van der Waals surface area contributed by atoms with Crippen LogP contribution < -0.4 is 0 Å². The van der Waals surface area contributed by atoms with Gasteiger partial charge >= 0.3 is 0 Å². The second-order valence-electron chi connectivity index (χ2n) is 2.73. The molecule has 0 aliphatic heterocycles. The van der Waals surface area contributed by atoms with Crippen LogP contribution in [0.25, 0.3) is 0 Å². The van der Waals surface area contributed by atoms with Crippen molar-refractivity contribution in [2.45, 2.75) is 12.5 Å². The molecule has 0 saturated carbocycles. The van der Waals surface area contributed by atoms with Crippen molar-refractivity contribution in [1.82, 2.24) is 0 Å². The van der Waals surface area contributed by atoms with E-state index >= 15 is 0 Å². The molecular formula is C10H14O2. The van der Waals surface area contributed by atoms with Crippen molar-refractivity contribution in [2.24, 2.45) is 0 Å². The van der Waals surface area contributed by atoms with E-state index in [-0.39, 0.29) is 12.7 Å². The molecule has 0 aromatic heterocycles. The first kappa shape index (κ1) is 9.23. The number of methoxy groups -OCH3 is 1. The summed E-state index contributed by atoms with van der Waals surface area (Å²) in [7, 11) is 1.61. The number of aliphatic hydroxyl groups is 1. The van der Waals surface area contributed by atoms with Gasteiger partial charge in [-0.1, -0.05) is 30.3 Å². The fourth-order valence-corrected chi connectivity index (χ4v) is 1.10. The van der Waals surface area contributed by atoms with Crippen LogP contribution in [0.2, 0.25) is 0 Å². The van der Waals surface area contributed by atoms with E-state index in [0.717, 1.165) is 6.42 Å². The predicted octanol–water partition coefficient (Wildman–Crippen LogP) is 1.24. The van der Waals surface area contributed by atoms with E-state index in [0.29, 0.717) is 0 Å². The lowest BCUT2D eigenvalue weighted by atomic mass is 10.1. The SMILES string of the molecule is CO[C@H](CO)Cc1ccccc1. The average molecular weight is 166 g/mol. The highest BCUT2D eigenvalue weighted by Crippen LogP contribution is 2.04. The van der Waals surface area contributed by atoms with Gasteiger partial charge in [-0.15, -0.1) is 0 Å². The summed E-state index contributed by atoms with van der Waals surface area (Å²) in [6, 6.07) is 10.0. The Kier molecular flexibility index (Phi) is 3.77. The van der Waals surface area contributed by atoms with Crippen LogP contribution >= 0.6 is 0 Å². The molecule has 0 aliphatic carbocycles. The summed E-state index contributed by atoms with van der Waals surface area (Å²) in [5.41, 5.74) is 1.19. The highest BCUT2D eigenvalue weighted by molar-refractivity contribution is 5.15. The molecule has 0 bridgehead atoms. The third kappa shape index (κ3) is 2.64. The van der Waals surface area contributed by atoms with Crippen molar-refractivity contribution < 1.29 is 9.84 Å². The molecule has 0 amide bonds. The maximum Gasteiger partial charge on any atom is 0.0842 e. The molecule has 0 unspecified atom stereocenters. The molecule has 0 fully saturated rings. The van der Waals surface area contributed by atoms with Crippen molar-refractivity contribution in [3.63, 3.8) is 0 Å². The van der Waals surface area contributed by atoms with E-state index in [1.165, 1.54) is 5.56 Å². The molecule has 0 heterocycles. The van der Waals surface area contributed by atoms with Crippen LogP contribution in [0.5, 0.6) is 0 Å². The van der Waals surface area contributed by atoms with Gasteiger partial charge in [0.1, 0.15) is 0 Å². The number of aliphatic hydroxyl groups excluding tert-OH is 1. The third-order valence-corrected chi connectivity index (χ3v) is 1.84. The predicted molar refractivity (Wildman–Crippen MR) is 48.0 cm³/mol. The molecule has 66 valence electrons. The molecule has 2 nitrogen and oxygen atoms in total. The molecule has 0 aliphatic rings. The minimum absolute atomic E-state index is 0.0748. The lowest BCUT2D eigenvalue weighted by Crippen LogP contribution is -2.18. The maximum atomic E-state index is 8.86. The lowest BCUT2D eigenvalue weighted by molar-refractivity contribution is 0.0495. The van der Waals surface area contributed by atoms with Crippen molar-refractivity contribution in [3.8, 4) is 0 Å². The minimum Gasteiger partial charge on any atom is -0.394 e. The molecular weight excluding hydrogens is 152 g/mol. The summed E-state index contributed by atoms with van der Waals surface area (Å²) in [6.45, 7) is 0.0748. The molecule has 0 spiro atoms. The second-order valence-corrected chi connectivity index (χ2v) is 2.73. The Morgan fingerprint density at radius 2 is 2.00 bits per heavy atom. The molecule has 1 aromatic carbocycles. The molecule has 1 atom stereocenters. The number of hydrogen-bond acceptors (Lipinski definition) is 2. The van der Waals surface area contributed by atoms with Gasteiger partial charge in [0.05, 0.1) is 12.7 Å². The van der Waals surface area contributed by atoms with Gasteiger partial charge in [0.25, 0.3) is 0 Å². The summed E-state index contributed by atoms with van der Waals surface area (Å²) in [4.78, 5) is 0. The van der Waals surface area contributed by atoms with Crippen LogP contribution in [-0.4, -0.2) is 24.9 Å². The van der Waals surface area contributed by atoms with E-state index in [1.807, 2.05) is 30.3 Å². The van der Waals surface area contributed by atoms with Gasteiger partial charge in [-0.25, -0.2) is 0 Å². The Hall–Kier alpha value is -0.860. The van der Waals surface area contributed by atoms with Gasteiger partial charge in [-0.05, 0) is 5.56 Å². The van der Waals surface area contributed by atoms with Crippen molar-refractivity contribution >= 4 is 0 Å². The smallest absolute Gasteiger partial charge is 0.0842 e. The summed E-state index contributed by atoms with van der Waals surface area (Å²) in [5, 5.41) is 8.86. The number of benzene rings is 1. The van der Waals surface area contributed by atoms with Gasteiger partial charge in [0.15, 0.2) is 0 Å². The first-order valence-corrected chi connectivity index (χ1v) is 4.04. The van der Waals surface area contributed by atoms with Gasteiger partial charge in [-0.2, -0.15) is 0 Å². The fraction of sp³-hybridized carbons (Fsp3) is 0.400. The van der Waals surface area contributed by atoms with E-state index in [1.54, 1.807) is 7.11 Å². The maximum absolute atomic E-state index is 8.86. The normalized spacial score (nSPS) is 12.8. The Labute approximate surface area is 72.8 Å². The Morgan fingerprint density at radius 1 is 1.33 bits per heavy atom. The van der Waals surface area contributed by atoms with E-state index in [2.05, 4.69) is 0 Å². The van der Waals surface area contributed by atoms with Gasteiger partial charge in [-0.3, -0.25) is 0 Å². The van der Waals surface area contributed by atoms with Gasteiger partial charge < -0.3 is 9.84 Å². The van der Waals surface area contributed by atoms with Crippen molar-refractivity contribution in [1.29, 1.82) is 0 Å². The zero-order valence-electron chi connectivity index (χ0n) is 7.23. The van der Waals surface area contributed by atoms with Gasteiger partial charge in [0.2, 0.25) is 0 Å². The number of rotatable bonds is 4. The number of hydrogen-bond donors (Lipinski definition) is 1. The van der Waals surface area contributed by atoms with Crippen LogP contribution in [-0.2, 0) is 11.2 Å². The Morgan fingerprint density at radius 3 is 2.50 bits per heavy atom. The van der Waals surface area contributed by atoms with E-state index in [9.17, 15) is 0 Å². The van der Waals surface area contributed by atoms with Gasteiger partial charge in [0, 0.05) is 13.5 Å². The Bertz CT molecular complexity index is 204. The van der Waals surface area contributed by atoms with E-state index < -0.39 is 0 Å². The third-order valence-electron chi connectivity index (χ3n) is 1.84. The molecule has 2 heteroatoms. The van der Waals surface area contributed by atoms with Crippen LogP contribution in [0.3, 0.4) is 0 Å². The second kappa shape index (κ2) is 4.91. The fourth-order valence-electron chi connectivity index (χ4n) is 1.10. The van der Waals surface area contributed by atoms with Crippen LogP contribution in [0.15, 0.2) is 30.3 Å². The van der Waals surface area contributed by atoms with Crippen molar-refractivity contribution in [2.75, 3.05) is 13.7 Å². The molecule has 0 saturated heterocycles. The molecule has 1 rings (SSSR count). The van der Waals surface area contributed by atoms with E-state index in [4.69, 9.17) is 9.84 Å². The van der Waals surface area contributed by atoms with Crippen LogP contribution in [0.4, 0.5) is 0 Å². The lowest BCUT2D eigenvalue weighted by Gasteiger charge is -2.11. The van der Waals surface area contributed by atoms with Crippen LogP contribution in [0, 0.1) is 0 Å². The zero-order valence-corrected chi connectivity index (χ0v) is 7.23. The topological polar surface area (TPSA) is 29.5 Å². The molecule has 1 aromatic rings. The zero-order chi connectivity index (χ0) is 8.81. The summed E-state index contributed by atoms with van der Waals surface area (Å²) in [5.74, 6) is 0. The molecule has 1 N–H and O–H groups in total. The highest BCUT2D eigenvalue weighted by atomic mass is 16.5. The average Bonchev–Trinajstić information content (AvgIpc) is 2.16. The summed E-state index contributed by atoms with van der Waals surface area (Å²) >= 11 is 0. The first-order chi connectivity index (χ1) is 5.86. The minimum atomic E-state index is -0.0765. The molecule has 0 radical (unpaired) electrons. The first-order valence-electron chi connectivity index (χ1n) is 4.04. The van der Waals surface area contributed by atoms with Crippen LogP contribution in [0.1, 0.15) is 5.56 Å².